The fourth-order valence-corrected chi connectivity index (χ4v) is 2.11. The molecule has 2 rings (SSSR count). The topological polar surface area (TPSA) is 24.5 Å². The van der Waals surface area contributed by atoms with Crippen LogP contribution in [0.5, 0.6) is 0 Å². The highest BCUT2D eigenvalue weighted by Crippen LogP contribution is 2.33. The molecule has 0 aromatic rings. The van der Waals surface area contributed by atoms with Crippen LogP contribution in [0, 0.1) is 5.92 Å². The smallest absolute Gasteiger partial charge is 0.0594 e. The van der Waals surface area contributed by atoms with Gasteiger partial charge >= 0.3 is 0 Å². The lowest BCUT2D eigenvalue weighted by Crippen LogP contribution is -2.40. The van der Waals surface area contributed by atoms with E-state index in [1.165, 1.54) is 38.8 Å². The zero-order chi connectivity index (χ0) is 10.3. The molecule has 1 saturated carbocycles. The van der Waals surface area contributed by atoms with E-state index in [9.17, 15) is 0 Å². The molecule has 0 spiro atoms. The van der Waals surface area contributed by atoms with Crippen molar-refractivity contribution in [3.63, 3.8) is 0 Å². The molecular weight excluding hydrogens is 188 g/mol. The summed E-state index contributed by atoms with van der Waals surface area (Å²) >= 11 is 0. The van der Waals surface area contributed by atoms with E-state index in [0.717, 1.165) is 38.8 Å². The van der Waals surface area contributed by atoms with Gasteiger partial charge in [0.2, 0.25) is 0 Å². The Labute approximate surface area is 93.2 Å². The molecule has 0 bridgehead atoms. The first kappa shape index (κ1) is 11.4. The van der Waals surface area contributed by atoms with E-state index in [4.69, 9.17) is 4.74 Å². The van der Waals surface area contributed by atoms with Gasteiger partial charge in [-0.3, -0.25) is 4.90 Å². The van der Waals surface area contributed by atoms with Crippen molar-refractivity contribution in [1.82, 2.24) is 10.2 Å². The van der Waals surface area contributed by atoms with Crippen LogP contribution in [0.25, 0.3) is 0 Å². The largest absolute Gasteiger partial charge is 0.379 e. The molecule has 1 heterocycles. The van der Waals surface area contributed by atoms with Gasteiger partial charge in [-0.15, -0.1) is 0 Å². The molecule has 1 N–H and O–H groups in total. The van der Waals surface area contributed by atoms with Crippen molar-refractivity contribution in [3.8, 4) is 0 Å². The van der Waals surface area contributed by atoms with Crippen molar-refractivity contribution in [2.45, 2.75) is 25.7 Å². The van der Waals surface area contributed by atoms with Crippen LogP contribution in [0.1, 0.15) is 25.7 Å². The van der Waals surface area contributed by atoms with Crippen molar-refractivity contribution in [1.29, 1.82) is 0 Å². The van der Waals surface area contributed by atoms with Crippen LogP contribution in [0.2, 0.25) is 0 Å². The van der Waals surface area contributed by atoms with Gasteiger partial charge in [-0.2, -0.15) is 0 Å². The second-order valence-electron chi connectivity index (χ2n) is 4.79. The molecule has 88 valence electrons. The predicted molar refractivity (Wildman–Crippen MR) is 62.1 cm³/mol. The van der Waals surface area contributed by atoms with E-state index >= 15 is 0 Å². The van der Waals surface area contributed by atoms with Gasteiger partial charge in [0.25, 0.3) is 0 Å². The number of nitrogens with one attached hydrogen (secondary N) is 1. The molecule has 0 aromatic carbocycles. The van der Waals surface area contributed by atoms with E-state index < -0.39 is 0 Å². The monoisotopic (exact) mass is 212 g/mol. The first-order valence-electron chi connectivity index (χ1n) is 6.46. The third-order valence-corrected chi connectivity index (χ3v) is 3.37. The van der Waals surface area contributed by atoms with Crippen molar-refractivity contribution in [3.05, 3.63) is 0 Å². The second kappa shape index (κ2) is 6.46. The third kappa shape index (κ3) is 4.96. The van der Waals surface area contributed by atoms with Gasteiger partial charge in [-0.25, -0.2) is 0 Å². The van der Waals surface area contributed by atoms with Crippen molar-refractivity contribution >= 4 is 0 Å². The summed E-state index contributed by atoms with van der Waals surface area (Å²) in [7, 11) is 0. The molecule has 0 unspecified atom stereocenters. The maximum atomic E-state index is 5.32. The van der Waals surface area contributed by atoms with Crippen molar-refractivity contribution in [2.24, 2.45) is 5.92 Å². The summed E-state index contributed by atoms with van der Waals surface area (Å²) in [6.07, 6.45) is 5.81. The molecular formula is C12H24N2O. The molecule has 2 aliphatic rings. The SMILES string of the molecule is C(CNCCN1CCOCC1)CC1CC1. The molecule has 15 heavy (non-hydrogen) atoms. The number of hydrogen-bond donors (Lipinski definition) is 1. The minimum Gasteiger partial charge on any atom is -0.379 e. The lowest BCUT2D eigenvalue weighted by molar-refractivity contribution is 0.0384. The Morgan fingerprint density at radius 1 is 1.13 bits per heavy atom. The van der Waals surface area contributed by atoms with Crippen LogP contribution in [0.3, 0.4) is 0 Å². The average molecular weight is 212 g/mol. The van der Waals surface area contributed by atoms with Gasteiger partial charge in [0.1, 0.15) is 0 Å². The Hall–Kier alpha value is -0.120. The summed E-state index contributed by atoms with van der Waals surface area (Å²) in [4.78, 5) is 2.48. The molecule has 1 aliphatic heterocycles. The Bertz CT molecular complexity index is 165. The maximum absolute atomic E-state index is 5.32. The summed E-state index contributed by atoms with van der Waals surface area (Å²) in [5.41, 5.74) is 0. The van der Waals surface area contributed by atoms with Gasteiger partial charge in [0, 0.05) is 26.2 Å². The second-order valence-corrected chi connectivity index (χ2v) is 4.79. The van der Waals surface area contributed by atoms with Crippen molar-refractivity contribution < 1.29 is 4.74 Å². The van der Waals surface area contributed by atoms with Crippen LogP contribution < -0.4 is 5.32 Å². The number of ether oxygens (including phenoxy) is 1. The minimum atomic E-state index is 0.918. The molecule has 1 saturated heterocycles. The molecule has 0 atom stereocenters. The summed E-state index contributed by atoms with van der Waals surface area (Å²) in [5.74, 6) is 1.09. The number of morpholine rings is 1. The maximum Gasteiger partial charge on any atom is 0.0594 e. The summed E-state index contributed by atoms with van der Waals surface area (Å²) in [5, 5.41) is 3.53. The van der Waals surface area contributed by atoms with Crippen LogP contribution in [-0.2, 0) is 4.74 Å². The standard InChI is InChI=1S/C12H24N2O/c1(2-12-3-4-12)5-13-6-7-14-8-10-15-11-9-14/h12-13H,1-11H2. The van der Waals surface area contributed by atoms with Gasteiger partial charge in [-0.05, 0) is 25.3 Å². The zero-order valence-electron chi connectivity index (χ0n) is 9.71. The Kier molecular flexibility index (Phi) is 4.90. The quantitative estimate of drug-likeness (QED) is 0.640. The first-order valence-corrected chi connectivity index (χ1v) is 6.46. The molecule has 2 fully saturated rings. The number of hydrogen-bond acceptors (Lipinski definition) is 3. The molecule has 1 aliphatic carbocycles. The molecule has 0 amide bonds. The third-order valence-electron chi connectivity index (χ3n) is 3.37. The molecule has 3 heteroatoms. The Balaban J connectivity index is 1.37. The highest BCUT2D eigenvalue weighted by Gasteiger charge is 2.19. The average Bonchev–Trinajstić information content (AvgIpc) is 3.09. The lowest BCUT2D eigenvalue weighted by Gasteiger charge is -2.26. The minimum absolute atomic E-state index is 0.918. The summed E-state index contributed by atoms with van der Waals surface area (Å²) in [6.45, 7) is 7.61. The van der Waals surface area contributed by atoms with E-state index in [0.29, 0.717) is 0 Å². The van der Waals surface area contributed by atoms with Crippen LogP contribution in [0.4, 0.5) is 0 Å². The van der Waals surface area contributed by atoms with E-state index in [1.807, 2.05) is 0 Å². The van der Waals surface area contributed by atoms with Gasteiger partial charge in [-0.1, -0.05) is 12.8 Å². The lowest BCUT2D eigenvalue weighted by atomic mass is 10.2. The van der Waals surface area contributed by atoms with E-state index in [2.05, 4.69) is 10.2 Å². The van der Waals surface area contributed by atoms with Crippen LogP contribution in [-0.4, -0.2) is 50.8 Å². The van der Waals surface area contributed by atoms with Crippen molar-refractivity contribution in [2.75, 3.05) is 45.9 Å². The summed E-state index contributed by atoms with van der Waals surface area (Å²) < 4.78 is 5.32. The Morgan fingerprint density at radius 3 is 2.67 bits per heavy atom. The fourth-order valence-electron chi connectivity index (χ4n) is 2.11. The van der Waals surface area contributed by atoms with E-state index in [1.54, 1.807) is 0 Å². The Morgan fingerprint density at radius 2 is 1.93 bits per heavy atom. The number of rotatable bonds is 7. The van der Waals surface area contributed by atoms with E-state index in [-0.39, 0.29) is 0 Å². The predicted octanol–water partition coefficient (Wildman–Crippen LogP) is 1.10. The molecule has 0 aromatic heterocycles. The van der Waals surface area contributed by atoms with Crippen LogP contribution in [0.15, 0.2) is 0 Å². The number of nitrogens with zero attached hydrogens (tertiary/aromatic N) is 1. The molecule has 3 nitrogen and oxygen atoms in total. The molecule has 0 radical (unpaired) electrons. The zero-order valence-corrected chi connectivity index (χ0v) is 9.71. The van der Waals surface area contributed by atoms with Gasteiger partial charge in [0.05, 0.1) is 13.2 Å². The highest BCUT2D eigenvalue weighted by atomic mass is 16.5. The normalized spacial score (nSPS) is 23.2. The van der Waals surface area contributed by atoms with Crippen LogP contribution >= 0.6 is 0 Å². The highest BCUT2D eigenvalue weighted by molar-refractivity contribution is 4.73. The van der Waals surface area contributed by atoms with Gasteiger partial charge < -0.3 is 10.1 Å². The first-order chi connectivity index (χ1) is 7.45. The fraction of sp³-hybridized carbons (Fsp3) is 1.00. The van der Waals surface area contributed by atoms with Gasteiger partial charge in [0.15, 0.2) is 0 Å². The summed E-state index contributed by atoms with van der Waals surface area (Å²) in [6, 6.07) is 0.